The summed E-state index contributed by atoms with van der Waals surface area (Å²) in [5.41, 5.74) is 0.952. The average Bonchev–Trinajstić information content (AvgIpc) is 2.93. The van der Waals surface area contributed by atoms with E-state index in [2.05, 4.69) is 20.2 Å². The minimum Gasteiger partial charge on any atom is -0.309 e. The highest BCUT2D eigenvalue weighted by molar-refractivity contribution is 7.99. The zero-order valence-electron chi connectivity index (χ0n) is 13.1. The fraction of sp³-hybridized carbons (Fsp3) is 0.429. The molecule has 0 spiro atoms. The molecule has 1 atom stereocenters. The molecule has 0 aliphatic rings. The van der Waals surface area contributed by atoms with Crippen LogP contribution in [0.2, 0.25) is 0 Å². The van der Waals surface area contributed by atoms with Crippen LogP contribution in [0.5, 0.6) is 0 Å². The van der Waals surface area contributed by atoms with Crippen LogP contribution in [0.4, 0.5) is 0 Å². The van der Waals surface area contributed by atoms with Crippen molar-refractivity contribution in [2.24, 2.45) is 7.05 Å². The molecule has 6 nitrogen and oxygen atoms in total. The van der Waals surface area contributed by atoms with Crippen molar-refractivity contribution in [2.45, 2.75) is 38.1 Å². The number of fused-ring (bicyclic) bond motifs is 1. The van der Waals surface area contributed by atoms with Gasteiger partial charge < -0.3 is 9.55 Å². The van der Waals surface area contributed by atoms with Crippen LogP contribution in [0.25, 0.3) is 10.2 Å². The first-order chi connectivity index (χ1) is 10.4. The fourth-order valence-corrected chi connectivity index (χ4v) is 4.12. The number of nitrogens with one attached hydrogen (secondary N) is 1. The van der Waals surface area contributed by atoms with Gasteiger partial charge in [0.1, 0.15) is 16.5 Å². The van der Waals surface area contributed by atoms with E-state index in [9.17, 15) is 4.79 Å². The number of rotatable bonds is 3. The fourth-order valence-electron chi connectivity index (χ4n) is 2.17. The van der Waals surface area contributed by atoms with Crippen molar-refractivity contribution < 1.29 is 0 Å². The van der Waals surface area contributed by atoms with E-state index in [0.717, 1.165) is 26.3 Å². The molecule has 0 aliphatic heterocycles. The monoisotopic (exact) mass is 335 g/mol. The van der Waals surface area contributed by atoms with Crippen LogP contribution in [0.15, 0.2) is 9.95 Å². The highest BCUT2D eigenvalue weighted by Gasteiger charge is 2.18. The van der Waals surface area contributed by atoms with E-state index in [1.165, 1.54) is 11.8 Å². The number of thiophene rings is 1. The van der Waals surface area contributed by atoms with Crippen LogP contribution in [-0.4, -0.2) is 24.7 Å². The second kappa shape index (κ2) is 5.51. The van der Waals surface area contributed by atoms with E-state index in [4.69, 9.17) is 0 Å². The third kappa shape index (κ3) is 2.46. The van der Waals surface area contributed by atoms with Gasteiger partial charge in [-0.1, -0.05) is 11.8 Å². The highest BCUT2D eigenvalue weighted by atomic mass is 32.2. The van der Waals surface area contributed by atoms with E-state index in [1.807, 2.05) is 39.3 Å². The molecule has 0 saturated carbocycles. The molecule has 22 heavy (non-hydrogen) atoms. The van der Waals surface area contributed by atoms with Crippen molar-refractivity contribution in [1.29, 1.82) is 0 Å². The first-order valence-electron chi connectivity index (χ1n) is 6.91. The molecule has 116 valence electrons. The molecular formula is C14H17N5OS2. The number of H-pyrrole nitrogens is 1. The Labute approximate surface area is 136 Å². The summed E-state index contributed by atoms with van der Waals surface area (Å²) < 4.78 is 1.93. The van der Waals surface area contributed by atoms with Crippen LogP contribution in [0.1, 0.15) is 34.3 Å². The lowest BCUT2D eigenvalue weighted by molar-refractivity contribution is 0.760. The van der Waals surface area contributed by atoms with Crippen molar-refractivity contribution in [3.63, 3.8) is 0 Å². The Morgan fingerprint density at radius 1 is 1.27 bits per heavy atom. The van der Waals surface area contributed by atoms with E-state index < -0.39 is 0 Å². The minimum absolute atomic E-state index is 0.0119. The van der Waals surface area contributed by atoms with Crippen LogP contribution in [0.3, 0.4) is 0 Å². The van der Waals surface area contributed by atoms with Crippen molar-refractivity contribution in [3.8, 4) is 0 Å². The predicted octanol–water partition coefficient (Wildman–Crippen LogP) is 2.89. The molecule has 3 aromatic rings. The van der Waals surface area contributed by atoms with Crippen molar-refractivity contribution >= 4 is 33.3 Å². The molecule has 8 heteroatoms. The average molecular weight is 335 g/mol. The van der Waals surface area contributed by atoms with E-state index in [-0.39, 0.29) is 10.8 Å². The Kier molecular flexibility index (Phi) is 3.82. The van der Waals surface area contributed by atoms with E-state index >= 15 is 0 Å². The Morgan fingerprint density at radius 2 is 2.00 bits per heavy atom. The highest BCUT2D eigenvalue weighted by Crippen LogP contribution is 2.33. The van der Waals surface area contributed by atoms with Gasteiger partial charge >= 0.3 is 0 Å². The minimum atomic E-state index is -0.0663. The van der Waals surface area contributed by atoms with Gasteiger partial charge in [0.05, 0.1) is 10.6 Å². The largest absolute Gasteiger partial charge is 0.309 e. The maximum Gasteiger partial charge on any atom is 0.259 e. The topological polar surface area (TPSA) is 76.5 Å². The predicted molar refractivity (Wildman–Crippen MR) is 89.7 cm³/mol. The van der Waals surface area contributed by atoms with Gasteiger partial charge in [0.15, 0.2) is 5.16 Å². The Bertz CT molecular complexity index is 908. The summed E-state index contributed by atoms with van der Waals surface area (Å²) in [5, 5.41) is 9.70. The van der Waals surface area contributed by atoms with Gasteiger partial charge in [0.25, 0.3) is 5.56 Å². The first kappa shape index (κ1) is 15.2. The van der Waals surface area contributed by atoms with Crippen LogP contribution < -0.4 is 5.56 Å². The van der Waals surface area contributed by atoms with Gasteiger partial charge in [-0.25, -0.2) is 4.98 Å². The number of nitrogens with zero attached hydrogens (tertiary/aromatic N) is 4. The van der Waals surface area contributed by atoms with Gasteiger partial charge in [-0.15, -0.1) is 21.5 Å². The Hall–Kier alpha value is -1.67. The number of aromatic nitrogens is 5. The number of thioether (sulfide) groups is 1. The number of aromatic amines is 1. The summed E-state index contributed by atoms with van der Waals surface area (Å²) >= 11 is 3.10. The molecule has 0 aromatic carbocycles. The third-order valence-corrected chi connectivity index (χ3v) is 6.02. The van der Waals surface area contributed by atoms with Crippen LogP contribution >= 0.6 is 23.1 Å². The standard InChI is InChI=1S/C14H17N5OS2/c1-6-7(2)21-13-10(6)12(20)15-11(16-13)8(3)22-14-18-17-9(4)19(14)5/h8H,1-5H3,(H,15,16,20)/t8-/m1/s1. The number of aryl methyl sites for hydroxylation is 3. The molecule has 3 aromatic heterocycles. The van der Waals surface area contributed by atoms with Gasteiger partial charge in [0, 0.05) is 11.9 Å². The molecule has 3 rings (SSSR count). The SMILES string of the molecule is Cc1sc2nc([C@@H](C)Sc3nnc(C)n3C)[nH]c(=O)c2c1C. The molecule has 3 heterocycles. The maximum absolute atomic E-state index is 12.3. The molecule has 0 aliphatic carbocycles. The lowest BCUT2D eigenvalue weighted by Crippen LogP contribution is -2.12. The van der Waals surface area contributed by atoms with Gasteiger partial charge in [-0.05, 0) is 33.3 Å². The second-order valence-corrected chi connectivity index (χ2v) is 7.77. The van der Waals surface area contributed by atoms with E-state index in [1.54, 1.807) is 11.3 Å². The van der Waals surface area contributed by atoms with Crippen LogP contribution in [0, 0.1) is 20.8 Å². The zero-order chi connectivity index (χ0) is 16.0. The van der Waals surface area contributed by atoms with Crippen molar-refractivity contribution in [1.82, 2.24) is 24.7 Å². The lowest BCUT2D eigenvalue weighted by atomic mass is 10.2. The van der Waals surface area contributed by atoms with Crippen LogP contribution in [-0.2, 0) is 7.05 Å². The number of hydrogen-bond donors (Lipinski definition) is 1. The first-order valence-corrected chi connectivity index (χ1v) is 8.60. The van der Waals surface area contributed by atoms with E-state index in [0.29, 0.717) is 11.2 Å². The summed E-state index contributed by atoms with van der Waals surface area (Å²) in [4.78, 5) is 21.8. The molecule has 0 unspecified atom stereocenters. The summed E-state index contributed by atoms with van der Waals surface area (Å²) in [6.45, 7) is 7.89. The smallest absolute Gasteiger partial charge is 0.259 e. The molecule has 0 fully saturated rings. The number of hydrogen-bond acceptors (Lipinski definition) is 6. The van der Waals surface area contributed by atoms with Crippen molar-refractivity contribution in [2.75, 3.05) is 0 Å². The molecule has 0 amide bonds. The van der Waals surface area contributed by atoms with Gasteiger partial charge in [-0.3, -0.25) is 4.79 Å². The molecule has 0 saturated heterocycles. The summed E-state index contributed by atoms with van der Waals surface area (Å²) in [6, 6.07) is 0. The summed E-state index contributed by atoms with van der Waals surface area (Å²) in [6.07, 6.45) is 0. The maximum atomic E-state index is 12.3. The third-order valence-electron chi connectivity index (χ3n) is 3.78. The van der Waals surface area contributed by atoms with Gasteiger partial charge in [-0.2, -0.15) is 0 Å². The molecule has 0 radical (unpaired) electrons. The summed E-state index contributed by atoms with van der Waals surface area (Å²) in [7, 11) is 1.93. The normalized spacial score (nSPS) is 13.0. The Morgan fingerprint density at radius 3 is 2.64 bits per heavy atom. The Balaban J connectivity index is 1.99. The van der Waals surface area contributed by atoms with Gasteiger partial charge in [0.2, 0.25) is 0 Å². The lowest BCUT2D eigenvalue weighted by Gasteiger charge is -2.09. The second-order valence-electron chi connectivity index (χ2n) is 5.26. The van der Waals surface area contributed by atoms with Crippen molar-refractivity contribution in [3.05, 3.63) is 32.4 Å². The molecule has 1 N–H and O–H groups in total. The quantitative estimate of drug-likeness (QED) is 0.745. The molecule has 0 bridgehead atoms. The molecular weight excluding hydrogens is 318 g/mol. The zero-order valence-corrected chi connectivity index (χ0v) is 14.7. The summed E-state index contributed by atoms with van der Waals surface area (Å²) in [5.74, 6) is 1.53.